The van der Waals surface area contributed by atoms with Gasteiger partial charge >= 0.3 is 23.9 Å². The highest BCUT2D eigenvalue weighted by Gasteiger charge is 2.43. The molecule has 0 aromatic heterocycles. The molecule has 2 rings (SSSR count). The molecule has 0 aliphatic carbocycles. The molecular weight excluding hydrogens is 468 g/mol. The summed E-state index contributed by atoms with van der Waals surface area (Å²) in [6, 6.07) is 0. The minimum atomic E-state index is -1.62. The van der Waals surface area contributed by atoms with Gasteiger partial charge in [0.2, 0.25) is 0 Å². The maximum absolute atomic E-state index is 12.7. The predicted molar refractivity (Wildman–Crippen MR) is 132 cm³/mol. The molecule has 0 bridgehead atoms. The van der Waals surface area contributed by atoms with Gasteiger partial charge in [-0.25, -0.2) is 0 Å². The lowest BCUT2D eigenvalue weighted by Crippen LogP contribution is -2.59. The van der Waals surface area contributed by atoms with Crippen LogP contribution < -0.4 is 10.6 Å². The van der Waals surface area contributed by atoms with Gasteiger partial charge in [-0.15, -0.1) is 0 Å². The average molecular weight is 513 g/mol. The van der Waals surface area contributed by atoms with Gasteiger partial charge in [-0.2, -0.15) is 0 Å². The van der Waals surface area contributed by atoms with Crippen molar-refractivity contribution in [2.45, 2.75) is 128 Å². The Labute approximate surface area is 213 Å². The number of esters is 2. The van der Waals surface area contributed by atoms with Crippen molar-refractivity contribution in [1.29, 1.82) is 0 Å². The second kappa shape index (κ2) is 10.7. The van der Waals surface area contributed by atoms with Gasteiger partial charge in [0.25, 0.3) is 0 Å². The van der Waals surface area contributed by atoms with Crippen LogP contribution in [0.1, 0.15) is 93.9 Å². The summed E-state index contributed by atoms with van der Waals surface area (Å²) in [4.78, 5) is 49.4. The molecule has 2 atom stereocenters. The van der Waals surface area contributed by atoms with E-state index in [4.69, 9.17) is 9.47 Å². The zero-order valence-corrected chi connectivity index (χ0v) is 22.9. The zero-order chi connectivity index (χ0) is 27.7. The third kappa shape index (κ3) is 9.03. The van der Waals surface area contributed by atoms with E-state index in [-0.39, 0.29) is 22.2 Å². The van der Waals surface area contributed by atoms with Crippen molar-refractivity contribution < 1.29 is 38.9 Å². The number of nitrogens with one attached hydrogen (secondary N) is 2. The van der Waals surface area contributed by atoms with Crippen LogP contribution in [0.3, 0.4) is 0 Å². The van der Waals surface area contributed by atoms with Crippen molar-refractivity contribution in [2.24, 2.45) is 11.8 Å². The van der Waals surface area contributed by atoms with Gasteiger partial charge in [-0.05, 0) is 55.4 Å². The Bertz CT molecular complexity index is 762. The number of carbonyl (C=O) groups excluding carboxylic acids is 2. The molecular formula is C26H44N2O8. The van der Waals surface area contributed by atoms with Gasteiger partial charge in [-0.1, -0.05) is 0 Å². The third-order valence-electron chi connectivity index (χ3n) is 6.79. The Morgan fingerprint density at radius 1 is 0.639 bits per heavy atom. The van der Waals surface area contributed by atoms with E-state index < -0.39 is 60.8 Å². The molecule has 4 N–H and O–H groups in total. The second-order valence-electron chi connectivity index (χ2n) is 13.1. The maximum atomic E-state index is 12.7. The maximum Gasteiger partial charge on any atom is 0.307 e. The van der Waals surface area contributed by atoms with E-state index in [1.165, 1.54) is 0 Å². The normalized spacial score (nSPS) is 24.8. The molecule has 36 heavy (non-hydrogen) atoms. The van der Waals surface area contributed by atoms with Gasteiger partial charge in [0.05, 0.1) is 24.7 Å². The fraction of sp³-hybridized carbons (Fsp3) is 0.846. The molecule has 2 unspecified atom stereocenters. The SMILES string of the molecule is CC1(C)CC(OC(=O)CC(C(=O)O)C(CC(=O)OC2CC(C)(C)NC(C)(C)C2)C(=O)O)CC(C)(C)N1. The smallest absolute Gasteiger partial charge is 0.307 e. The molecule has 0 amide bonds. The molecule has 2 saturated heterocycles. The van der Waals surface area contributed by atoms with Crippen molar-refractivity contribution in [3.8, 4) is 0 Å². The number of rotatable bonds is 9. The highest BCUT2D eigenvalue weighted by molar-refractivity contribution is 5.87. The van der Waals surface area contributed by atoms with E-state index in [2.05, 4.69) is 10.6 Å². The summed E-state index contributed by atoms with van der Waals surface area (Å²) in [6.45, 7) is 15.9. The molecule has 0 radical (unpaired) electrons. The quantitative estimate of drug-likeness (QED) is 0.339. The van der Waals surface area contributed by atoms with Crippen LogP contribution in [0.4, 0.5) is 0 Å². The lowest BCUT2D eigenvalue weighted by Gasteiger charge is -2.46. The molecule has 2 aliphatic rings. The van der Waals surface area contributed by atoms with Crippen LogP contribution >= 0.6 is 0 Å². The van der Waals surface area contributed by atoms with Gasteiger partial charge in [0, 0.05) is 47.8 Å². The van der Waals surface area contributed by atoms with E-state index in [0.717, 1.165) is 0 Å². The Morgan fingerprint density at radius 2 is 0.889 bits per heavy atom. The first-order valence-electron chi connectivity index (χ1n) is 12.6. The van der Waals surface area contributed by atoms with Crippen LogP contribution in [0, 0.1) is 11.8 Å². The number of ether oxygens (including phenoxy) is 2. The summed E-state index contributed by atoms with van der Waals surface area (Å²) in [5, 5.41) is 26.4. The van der Waals surface area contributed by atoms with Crippen LogP contribution in [-0.2, 0) is 28.7 Å². The molecule has 10 nitrogen and oxygen atoms in total. The number of hydrogen-bond acceptors (Lipinski definition) is 8. The van der Waals surface area contributed by atoms with E-state index in [0.29, 0.717) is 25.7 Å². The first-order chi connectivity index (χ1) is 16.2. The summed E-state index contributed by atoms with van der Waals surface area (Å²) in [5.41, 5.74) is -1.15. The van der Waals surface area contributed by atoms with Crippen LogP contribution in [0.15, 0.2) is 0 Å². The average Bonchev–Trinajstić information content (AvgIpc) is 2.58. The highest BCUT2D eigenvalue weighted by Crippen LogP contribution is 2.33. The second-order valence-corrected chi connectivity index (χ2v) is 13.1. The van der Waals surface area contributed by atoms with Crippen molar-refractivity contribution in [3.05, 3.63) is 0 Å². The molecule has 0 saturated carbocycles. The fourth-order valence-corrected chi connectivity index (χ4v) is 6.25. The van der Waals surface area contributed by atoms with Crippen molar-refractivity contribution >= 4 is 23.9 Å². The highest BCUT2D eigenvalue weighted by atomic mass is 16.5. The monoisotopic (exact) mass is 512 g/mol. The van der Waals surface area contributed by atoms with E-state index in [1.807, 2.05) is 55.4 Å². The Morgan fingerprint density at radius 3 is 1.11 bits per heavy atom. The molecule has 10 heteroatoms. The van der Waals surface area contributed by atoms with Crippen LogP contribution in [0.2, 0.25) is 0 Å². The standard InChI is InChI=1S/C26H44N2O8/c1-23(2)11-15(12-24(3,4)27-23)35-19(29)9-17(21(31)32)18(22(33)34)10-20(30)36-16-13-25(5,6)28-26(7,8)14-16/h15-18,27-28H,9-14H2,1-8H3,(H,31,32)(H,33,34). The summed E-state index contributed by atoms with van der Waals surface area (Å²) in [7, 11) is 0. The first kappa shape index (κ1) is 30.0. The minimum Gasteiger partial charge on any atom is -0.481 e. The van der Waals surface area contributed by atoms with E-state index in [1.54, 1.807) is 0 Å². The molecule has 0 spiro atoms. The van der Waals surface area contributed by atoms with Crippen LogP contribution in [0.25, 0.3) is 0 Å². The zero-order valence-electron chi connectivity index (χ0n) is 22.9. The number of aliphatic carboxylic acids is 2. The number of piperidine rings is 2. The number of hydrogen-bond donors (Lipinski definition) is 4. The van der Waals surface area contributed by atoms with Crippen molar-refractivity contribution in [2.75, 3.05) is 0 Å². The number of carboxylic acids is 2. The summed E-state index contributed by atoms with van der Waals surface area (Å²) in [5.74, 6) is -7.76. The molecule has 2 aliphatic heterocycles. The minimum absolute atomic E-state index is 0.288. The number of carboxylic acid groups (broad SMARTS) is 2. The summed E-state index contributed by atoms with van der Waals surface area (Å²) < 4.78 is 11.2. The predicted octanol–water partition coefficient (Wildman–Crippen LogP) is 2.87. The van der Waals surface area contributed by atoms with Crippen molar-refractivity contribution in [1.82, 2.24) is 10.6 Å². The Kier molecular flexibility index (Phi) is 8.89. The lowest BCUT2D eigenvalue weighted by molar-refractivity contribution is -0.167. The number of carbonyl (C=O) groups is 4. The van der Waals surface area contributed by atoms with E-state index in [9.17, 15) is 29.4 Å². The Balaban J connectivity index is 2.06. The summed E-state index contributed by atoms with van der Waals surface area (Å²) >= 11 is 0. The van der Waals surface area contributed by atoms with Crippen molar-refractivity contribution in [3.63, 3.8) is 0 Å². The largest absolute Gasteiger partial charge is 0.481 e. The Hall–Kier alpha value is -2.20. The first-order valence-corrected chi connectivity index (χ1v) is 12.6. The molecule has 2 fully saturated rings. The van der Waals surface area contributed by atoms with E-state index >= 15 is 0 Å². The molecule has 2 heterocycles. The lowest BCUT2D eigenvalue weighted by atomic mass is 9.80. The topological polar surface area (TPSA) is 151 Å². The molecule has 0 aromatic rings. The summed E-state index contributed by atoms with van der Waals surface area (Å²) in [6.07, 6.45) is 0.00999. The fourth-order valence-electron chi connectivity index (χ4n) is 6.25. The third-order valence-corrected chi connectivity index (χ3v) is 6.79. The molecule has 206 valence electrons. The molecule has 0 aromatic carbocycles. The van der Waals surface area contributed by atoms with Gasteiger partial charge in [0.15, 0.2) is 0 Å². The van der Waals surface area contributed by atoms with Gasteiger partial charge in [0.1, 0.15) is 12.2 Å². The van der Waals surface area contributed by atoms with Gasteiger partial charge in [-0.3, -0.25) is 19.2 Å². The van der Waals surface area contributed by atoms with Crippen LogP contribution in [-0.4, -0.2) is 68.5 Å². The van der Waals surface area contributed by atoms with Crippen LogP contribution in [0.5, 0.6) is 0 Å². The van der Waals surface area contributed by atoms with Gasteiger partial charge < -0.3 is 30.3 Å².